The summed E-state index contributed by atoms with van der Waals surface area (Å²) in [4.78, 5) is 0. The summed E-state index contributed by atoms with van der Waals surface area (Å²) in [5, 5.41) is 3.43. The van der Waals surface area contributed by atoms with Crippen LogP contribution in [0.1, 0.15) is 29.7 Å². The van der Waals surface area contributed by atoms with E-state index in [1.165, 1.54) is 11.6 Å². The highest BCUT2D eigenvalue weighted by Gasteiger charge is 2.17. The van der Waals surface area contributed by atoms with Gasteiger partial charge < -0.3 is 10.1 Å². The van der Waals surface area contributed by atoms with Crippen LogP contribution in [0.3, 0.4) is 0 Å². The molecule has 1 unspecified atom stereocenters. The molecular weight excluding hydrogens is 265 g/mol. The lowest BCUT2D eigenvalue weighted by molar-refractivity contribution is 0.398. The first-order valence-corrected chi connectivity index (χ1v) is 7.27. The van der Waals surface area contributed by atoms with Crippen LogP contribution < -0.4 is 10.1 Å². The van der Waals surface area contributed by atoms with Crippen LogP contribution in [0.4, 0.5) is 4.39 Å². The number of nitrogens with one attached hydrogen (secondary N) is 1. The van der Waals surface area contributed by atoms with Gasteiger partial charge in [-0.25, -0.2) is 4.39 Å². The van der Waals surface area contributed by atoms with Crippen molar-refractivity contribution in [3.05, 3.63) is 65.0 Å². The van der Waals surface area contributed by atoms with E-state index in [1.54, 1.807) is 13.2 Å². The standard InChI is InChI=1S/C18H22FNO/c1-4-20-17(12-14-7-5-6-8-16(14)19)15-11-13(2)9-10-18(15)21-3/h5-11,17,20H,4,12H2,1-3H3. The molecule has 2 rings (SSSR count). The predicted molar refractivity (Wildman–Crippen MR) is 84.3 cm³/mol. The van der Waals surface area contributed by atoms with Crippen LogP contribution in [-0.2, 0) is 6.42 Å². The summed E-state index contributed by atoms with van der Waals surface area (Å²) >= 11 is 0. The van der Waals surface area contributed by atoms with E-state index in [0.717, 1.165) is 17.9 Å². The molecule has 0 fully saturated rings. The average molecular weight is 287 g/mol. The third-order valence-electron chi connectivity index (χ3n) is 3.59. The van der Waals surface area contributed by atoms with E-state index in [1.807, 2.05) is 24.3 Å². The normalized spacial score (nSPS) is 12.2. The van der Waals surface area contributed by atoms with Crippen LogP contribution in [0.5, 0.6) is 5.75 Å². The van der Waals surface area contributed by atoms with Gasteiger partial charge in [-0.05, 0) is 37.6 Å². The van der Waals surface area contributed by atoms with Crippen LogP contribution >= 0.6 is 0 Å². The Hall–Kier alpha value is -1.87. The molecule has 0 spiro atoms. The van der Waals surface area contributed by atoms with E-state index in [0.29, 0.717) is 12.0 Å². The number of hydrogen-bond donors (Lipinski definition) is 1. The minimum atomic E-state index is -0.160. The number of rotatable bonds is 6. The summed E-state index contributed by atoms with van der Waals surface area (Å²) in [5.41, 5.74) is 2.96. The lowest BCUT2D eigenvalue weighted by atomic mass is 9.96. The Balaban J connectivity index is 2.35. The number of likely N-dealkylation sites (N-methyl/N-ethyl adjacent to an activating group) is 1. The van der Waals surface area contributed by atoms with Gasteiger partial charge >= 0.3 is 0 Å². The molecule has 2 nitrogen and oxygen atoms in total. The molecule has 0 saturated heterocycles. The van der Waals surface area contributed by atoms with E-state index >= 15 is 0 Å². The maximum absolute atomic E-state index is 13.9. The minimum Gasteiger partial charge on any atom is -0.496 e. The lowest BCUT2D eigenvalue weighted by Gasteiger charge is -2.21. The molecule has 2 aromatic carbocycles. The van der Waals surface area contributed by atoms with Crippen LogP contribution in [-0.4, -0.2) is 13.7 Å². The second kappa shape index (κ2) is 7.23. The van der Waals surface area contributed by atoms with Gasteiger partial charge in [-0.1, -0.05) is 42.8 Å². The molecule has 0 saturated carbocycles. The number of halogens is 1. The summed E-state index contributed by atoms with van der Waals surface area (Å²) in [5.74, 6) is 0.676. The molecular formula is C18H22FNO. The van der Waals surface area contributed by atoms with Crippen molar-refractivity contribution in [3.8, 4) is 5.75 Å². The highest BCUT2D eigenvalue weighted by Crippen LogP contribution is 2.29. The number of ether oxygens (including phenoxy) is 1. The lowest BCUT2D eigenvalue weighted by Crippen LogP contribution is -2.24. The second-order valence-electron chi connectivity index (χ2n) is 5.15. The second-order valence-corrected chi connectivity index (χ2v) is 5.15. The fourth-order valence-corrected chi connectivity index (χ4v) is 2.55. The highest BCUT2D eigenvalue weighted by molar-refractivity contribution is 5.40. The maximum atomic E-state index is 13.9. The molecule has 0 aromatic heterocycles. The fraction of sp³-hybridized carbons (Fsp3) is 0.333. The molecule has 0 aliphatic carbocycles. The Morgan fingerprint density at radius 3 is 2.62 bits per heavy atom. The number of aryl methyl sites for hydroxylation is 1. The molecule has 0 amide bonds. The van der Waals surface area contributed by atoms with Crippen LogP contribution in [0.15, 0.2) is 42.5 Å². The Morgan fingerprint density at radius 1 is 1.19 bits per heavy atom. The summed E-state index contributed by atoms with van der Waals surface area (Å²) in [7, 11) is 1.67. The average Bonchev–Trinajstić information content (AvgIpc) is 2.49. The van der Waals surface area contributed by atoms with Crippen molar-refractivity contribution in [3.63, 3.8) is 0 Å². The monoisotopic (exact) mass is 287 g/mol. The zero-order chi connectivity index (χ0) is 15.2. The fourth-order valence-electron chi connectivity index (χ4n) is 2.55. The zero-order valence-electron chi connectivity index (χ0n) is 12.8. The number of hydrogen-bond acceptors (Lipinski definition) is 2. The van der Waals surface area contributed by atoms with Gasteiger partial charge in [0.15, 0.2) is 0 Å². The first-order valence-electron chi connectivity index (χ1n) is 7.27. The van der Waals surface area contributed by atoms with Gasteiger partial charge in [0.2, 0.25) is 0 Å². The van der Waals surface area contributed by atoms with E-state index in [-0.39, 0.29) is 11.9 Å². The quantitative estimate of drug-likeness (QED) is 0.866. The first-order chi connectivity index (χ1) is 10.2. The van der Waals surface area contributed by atoms with Gasteiger partial charge in [0.1, 0.15) is 11.6 Å². The summed E-state index contributed by atoms with van der Waals surface area (Å²) in [6, 6.07) is 13.1. The molecule has 0 aliphatic rings. The first kappa shape index (κ1) is 15.5. The third-order valence-corrected chi connectivity index (χ3v) is 3.59. The third kappa shape index (κ3) is 3.82. The van der Waals surface area contributed by atoms with Crippen molar-refractivity contribution in [2.75, 3.05) is 13.7 Å². The Kier molecular flexibility index (Phi) is 5.34. The topological polar surface area (TPSA) is 21.3 Å². The Labute approximate surface area is 126 Å². The molecule has 0 bridgehead atoms. The van der Waals surface area contributed by atoms with Gasteiger partial charge in [0.05, 0.1) is 7.11 Å². The van der Waals surface area contributed by atoms with Gasteiger partial charge in [-0.3, -0.25) is 0 Å². The van der Waals surface area contributed by atoms with E-state index in [4.69, 9.17) is 4.74 Å². The molecule has 112 valence electrons. The Bertz CT molecular complexity index is 598. The van der Waals surface area contributed by atoms with E-state index < -0.39 is 0 Å². The van der Waals surface area contributed by atoms with Crippen LogP contribution in [0, 0.1) is 12.7 Å². The van der Waals surface area contributed by atoms with Crippen molar-refractivity contribution in [1.29, 1.82) is 0 Å². The van der Waals surface area contributed by atoms with Crippen molar-refractivity contribution in [1.82, 2.24) is 5.32 Å². The molecule has 1 atom stereocenters. The van der Waals surface area contributed by atoms with Crippen molar-refractivity contribution in [2.45, 2.75) is 26.3 Å². The SMILES string of the molecule is CCNC(Cc1ccccc1F)c1cc(C)ccc1OC. The molecule has 21 heavy (non-hydrogen) atoms. The van der Waals surface area contributed by atoms with Crippen LogP contribution in [0.2, 0.25) is 0 Å². The zero-order valence-corrected chi connectivity index (χ0v) is 12.8. The summed E-state index contributed by atoms with van der Waals surface area (Å²) < 4.78 is 19.4. The molecule has 0 aliphatic heterocycles. The molecule has 0 heterocycles. The molecule has 3 heteroatoms. The summed E-state index contributed by atoms with van der Waals surface area (Å²) in [6.45, 7) is 4.92. The number of benzene rings is 2. The van der Waals surface area contributed by atoms with Crippen molar-refractivity contribution in [2.24, 2.45) is 0 Å². The largest absolute Gasteiger partial charge is 0.496 e. The van der Waals surface area contributed by atoms with E-state index in [9.17, 15) is 4.39 Å². The predicted octanol–water partition coefficient (Wildman–Crippen LogP) is 4.04. The van der Waals surface area contributed by atoms with Gasteiger partial charge in [0.25, 0.3) is 0 Å². The molecule has 1 N–H and O–H groups in total. The molecule has 0 radical (unpaired) electrons. The minimum absolute atomic E-state index is 0.0294. The van der Waals surface area contributed by atoms with Gasteiger partial charge in [0, 0.05) is 11.6 Å². The van der Waals surface area contributed by atoms with Gasteiger partial charge in [-0.15, -0.1) is 0 Å². The smallest absolute Gasteiger partial charge is 0.126 e. The maximum Gasteiger partial charge on any atom is 0.126 e. The van der Waals surface area contributed by atoms with Crippen LogP contribution in [0.25, 0.3) is 0 Å². The molecule has 2 aromatic rings. The number of methoxy groups -OCH3 is 1. The van der Waals surface area contributed by atoms with E-state index in [2.05, 4.69) is 25.2 Å². The van der Waals surface area contributed by atoms with Crippen molar-refractivity contribution >= 4 is 0 Å². The Morgan fingerprint density at radius 2 is 1.95 bits per heavy atom. The van der Waals surface area contributed by atoms with Gasteiger partial charge in [-0.2, -0.15) is 0 Å². The highest BCUT2D eigenvalue weighted by atomic mass is 19.1. The van der Waals surface area contributed by atoms with Crippen molar-refractivity contribution < 1.29 is 9.13 Å². The summed E-state index contributed by atoms with van der Waals surface area (Å²) in [6.07, 6.45) is 0.598.